The van der Waals surface area contributed by atoms with Gasteiger partial charge in [-0.15, -0.1) is 0 Å². The molecular weight excluding hydrogens is 297 g/mol. The van der Waals surface area contributed by atoms with E-state index in [0.29, 0.717) is 5.56 Å². The highest BCUT2D eigenvalue weighted by Crippen LogP contribution is 2.38. The normalized spacial score (nSPS) is 12.5. The van der Waals surface area contributed by atoms with Crippen molar-refractivity contribution in [1.29, 1.82) is 0 Å². The van der Waals surface area contributed by atoms with E-state index in [4.69, 9.17) is 0 Å². The highest BCUT2D eigenvalue weighted by atomic mass is 19.2. The summed E-state index contributed by atoms with van der Waals surface area (Å²) in [6, 6.07) is 9.64. The Morgan fingerprint density at radius 2 is 1.48 bits per heavy atom. The maximum absolute atomic E-state index is 14.0. The molecule has 124 valence electrons. The first kappa shape index (κ1) is 17.6. The molecule has 2 aromatic rings. The van der Waals surface area contributed by atoms with Gasteiger partial charge in [0, 0.05) is 5.56 Å². The van der Waals surface area contributed by atoms with Crippen molar-refractivity contribution in [2.45, 2.75) is 46.5 Å². The van der Waals surface area contributed by atoms with Crippen LogP contribution in [0.1, 0.15) is 46.6 Å². The van der Waals surface area contributed by atoms with Crippen LogP contribution in [0.3, 0.4) is 0 Å². The Bertz CT molecular complexity index is 709. The summed E-state index contributed by atoms with van der Waals surface area (Å²) in [6.45, 7) is 10.8. The third-order valence-corrected chi connectivity index (χ3v) is 3.96. The van der Waals surface area contributed by atoms with Crippen molar-refractivity contribution in [1.82, 2.24) is 0 Å². The lowest BCUT2D eigenvalue weighted by atomic mass is 9.72. The molecule has 0 saturated heterocycles. The molecule has 0 fully saturated rings. The topological polar surface area (TPSA) is 0 Å². The van der Waals surface area contributed by atoms with Crippen molar-refractivity contribution in [3.63, 3.8) is 0 Å². The Morgan fingerprint density at radius 1 is 0.826 bits per heavy atom. The van der Waals surface area contributed by atoms with Crippen molar-refractivity contribution in [3.05, 3.63) is 59.4 Å². The van der Waals surface area contributed by atoms with E-state index >= 15 is 0 Å². The van der Waals surface area contributed by atoms with Gasteiger partial charge in [0.1, 0.15) is 0 Å². The zero-order valence-electron chi connectivity index (χ0n) is 14.3. The van der Waals surface area contributed by atoms with Crippen molar-refractivity contribution in [3.8, 4) is 11.1 Å². The molecular formula is C20H23F3. The molecule has 0 nitrogen and oxygen atoms in total. The third kappa shape index (κ3) is 3.95. The van der Waals surface area contributed by atoms with Crippen molar-refractivity contribution in [2.24, 2.45) is 5.41 Å². The van der Waals surface area contributed by atoms with Gasteiger partial charge in [0.2, 0.25) is 0 Å². The smallest absolute Gasteiger partial charge is 0.195 e. The van der Waals surface area contributed by atoms with Crippen LogP contribution in [0.15, 0.2) is 36.4 Å². The number of hydrogen-bond acceptors (Lipinski definition) is 0. The summed E-state index contributed by atoms with van der Waals surface area (Å²) in [5.74, 6) is -3.74. The van der Waals surface area contributed by atoms with E-state index in [-0.39, 0.29) is 16.4 Å². The van der Waals surface area contributed by atoms with Crippen LogP contribution in [0.25, 0.3) is 11.1 Å². The zero-order chi connectivity index (χ0) is 17.4. The first-order valence-electron chi connectivity index (χ1n) is 7.76. The van der Waals surface area contributed by atoms with Gasteiger partial charge in [0.25, 0.3) is 0 Å². The molecule has 0 atom stereocenters. The predicted molar refractivity (Wildman–Crippen MR) is 88.9 cm³/mol. The van der Waals surface area contributed by atoms with Gasteiger partial charge in [0.05, 0.1) is 0 Å². The third-order valence-electron chi connectivity index (χ3n) is 3.96. The Labute approximate surface area is 136 Å². The Balaban J connectivity index is 2.47. The summed E-state index contributed by atoms with van der Waals surface area (Å²) in [5, 5.41) is 0. The first-order valence-corrected chi connectivity index (χ1v) is 7.76. The predicted octanol–water partition coefficient (Wildman–Crippen LogP) is 6.48. The minimum Gasteiger partial charge on any atom is -0.204 e. The van der Waals surface area contributed by atoms with Gasteiger partial charge in [-0.05, 0) is 40.5 Å². The minimum atomic E-state index is -1.43. The van der Waals surface area contributed by atoms with Crippen LogP contribution in [0, 0.1) is 22.9 Å². The molecule has 0 radical (unpaired) electrons. The van der Waals surface area contributed by atoms with Gasteiger partial charge >= 0.3 is 0 Å². The quantitative estimate of drug-likeness (QED) is 0.567. The first-order chi connectivity index (χ1) is 10.5. The fourth-order valence-corrected chi connectivity index (χ4v) is 3.28. The molecule has 3 heteroatoms. The standard InChI is InChI=1S/C20H23F3/c1-19(2,3)12-20(4,5)14-8-6-7-13(11-14)15-9-10-16(21)18(23)17(15)22/h6-11H,12H2,1-5H3. The molecule has 0 unspecified atom stereocenters. The van der Waals surface area contributed by atoms with Gasteiger partial charge in [-0.2, -0.15) is 0 Å². The number of hydrogen-bond donors (Lipinski definition) is 0. The van der Waals surface area contributed by atoms with E-state index in [1.165, 1.54) is 6.07 Å². The van der Waals surface area contributed by atoms with Gasteiger partial charge < -0.3 is 0 Å². The Hall–Kier alpha value is -1.77. The fourth-order valence-electron chi connectivity index (χ4n) is 3.28. The van der Waals surface area contributed by atoms with Crippen LogP contribution in [-0.2, 0) is 5.41 Å². The molecule has 0 aromatic heterocycles. The number of benzene rings is 2. The molecule has 0 amide bonds. The van der Waals surface area contributed by atoms with Crippen LogP contribution in [-0.4, -0.2) is 0 Å². The maximum Gasteiger partial charge on any atom is 0.195 e. The lowest BCUT2D eigenvalue weighted by Gasteiger charge is -2.33. The second-order valence-electron chi connectivity index (χ2n) is 7.93. The second kappa shape index (κ2) is 6.03. The Morgan fingerprint density at radius 3 is 2.09 bits per heavy atom. The summed E-state index contributed by atoms with van der Waals surface area (Å²) >= 11 is 0. The maximum atomic E-state index is 14.0. The summed E-state index contributed by atoms with van der Waals surface area (Å²) in [6.07, 6.45) is 0.948. The summed E-state index contributed by atoms with van der Waals surface area (Å²) in [5.41, 5.74) is 1.73. The number of halogens is 3. The lowest BCUT2D eigenvalue weighted by molar-refractivity contribution is 0.284. The minimum absolute atomic E-state index is 0.0808. The molecule has 0 bridgehead atoms. The van der Waals surface area contributed by atoms with Gasteiger partial charge in [0.15, 0.2) is 17.5 Å². The SMILES string of the molecule is CC(C)(C)CC(C)(C)c1cccc(-c2ccc(F)c(F)c2F)c1. The molecule has 0 aliphatic carbocycles. The molecule has 0 N–H and O–H groups in total. The zero-order valence-corrected chi connectivity index (χ0v) is 14.3. The lowest BCUT2D eigenvalue weighted by Crippen LogP contribution is -2.24. The van der Waals surface area contributed by atoms with E-state index in [0.717, 1.165) is 18.1 Å². The molecule has 23 heavy (non-hydrogen) atoms. The van der Waals surface area contributed by atoms with Crippen molar-refractivity contribution in [2.75, 3.05) is 0 Å². The highest BCUT2D eigenvalue weighted by Gasteiger charge is 2.27. The van der Waals surface area contributed by atoms with E-state index < -0.39 is 17.5 Å². The average molecular weight is 320 g/mol. The van der Waals surface area contributed by atoms with Crippen LogP contribution >= 0.6 is 0 Å². The van der Waals surface area contributed by atoms with Crippen LogP contribution in [0.2, 0.25) is 0 Å². The number of rotatable bonds is 3. The molecule has 0 aliphatic heterocycles. The van der Waals surface area contributed by atoms with E-state index in [9.17, 15) is 13.2 Å². The molecule has 0 aliphatic rings. The van der Waals surface area contributed by atoms with E-state index in [1.54, 1.807) is 6.07 Å². The van der Waals surface area contributed by atoms with Crippen LogP contribution in [0.5, 0.6) is 0 Å². The highest BCUT2D eigenvalue weighted by molar-refractivity contribution is 5.65. The summed E-state index contributed by atoms with van der Waals surface area (Å²) in [7, 11) is 0. The fraction of sp³-hybridized carbons (Fsp3) is 0.400. The average Bonchev–Trinajstić information content (AvgIpc) is 2.43. The summed E-state index contributed by atoms with van der Waals surface area (Å²) in [4.78, 5) is 0. The van der Waals surface area contributed by atoms with E-state index in [2.05, 4.69) is 34.6 Å². The molecule has 0 spiro atoms. The Kier molecular flexibility index (Phi) is 4.61. The summed E-state index contributed by atoms with van der Waals surface area (Å²) < 4.78 is 40.6. The van der Waals surface area contributed by atoms with Crippen molar-refractivity contribution < 1.29 is 13.2 Å². The monoisotopic (exact) mass is 320 g/mol. The van der Waals surface area contributed by atoms with Gasteiger partial charge in [-0.1, -0.05) is 58.9 Å². The van der Waals surface area contributed by atoms with Crippen molar-refractivity contribution >= 4 is 0 Å². The van der Waals surface area contributed by atoms with Gasteiger partial charge in [-0.25, -0.2) is 13.2 Å². The second-order valence-corrected chi connectivity index (χ2v) is 7.93. The molecule has 2 rings (SSSR count). The molecule has 2 aromatic carbocycles. The van der Waals surface area contributed by atoms with Crippen LogP contribution < -0.4 is 0 Å². The largest absolute Gasteiger partial charge is 0.204 e. The van der Waals surface area contributed by atoms with Gasteiger partial charge in [-0.3, -0.25) is 0 Å². The van der Waals surface area contributed by atoms with Crippen LogP contribution in [0.4, 0.5) is 13.2 Å². The van der Waals surface area contributed by atoms with E-state index in [1.807, 2.05) is 18.2 Å². The molecule has 0 heterocycles. The molecule has 0 saturated carbocycles.